The SMILES string of the molecule is CC(C)OC(=O)c1cccc(N2C(=O)C(O)=C(C(=O)c3cccs3)C2c2ccccc2)c1. The number of benzene rings is 2. The average molecular weight is 448 g/mol. The molecular weight excluding hydrogens is 426 g/mol. The Morgan fingerprint density at radius 2 is 1.78 bits per heavy atom. The van der Waals surface area contributed by atoms with Gasteiger partial charge in [0.25, 0.3) is 5.91 Å². The third-order valence-corrected chi connectivity index (χ3v) is 5.88. The number of amides is 1. The Bertz CT molecular complexity index is 1200. The predicted molar refractivity (Wildman–Crippen MR) is 122 cm³/mol. The molecule has 32 heavy (non-hydrogen) atoms. The smallest absolute Gasteiger partial charge is 0.338 e. The van der Waals surface area contributed by atoms with Crippen LogP contribution in [-0.4, -0.2) is 28.9 Å². The Hall–Kier alpha value is -3.71. The largest absolute Gasteiger partial charge is 0.503 e. The molecule has 6 nitrogen and oxygen atoms in total. The lowest BCUT2D eigenvalue weighted by Crippen LogP contribution is -2.31. The topological polar surface area (TPSA) is 83.9 Å². The highest BCUT2D eigenvalue weighted by Crippen LogP contribution is 2.42. The van der Waals surface area contributed by atoms with Crippen molar-refractivity contribution >= 4 is 34.7 Å². The first-order chi connectivity index (χ1) is 15.4. The molecule has 1 aromatic heterocycles. The Labute approximate surface area is 189 Å². The molecule has 0 spiro atoms. The van der Waals surface area contributed by atoms with E-state index in [0.29, 0.717) is 16.1 Å². The van der Waals surface area contributed by atoms with E-state index in [1.807, 2.05) is 6.07 Å². The number of carbonyl (C=O) groups is 3. The molecule has 0 fully saturated rings. The Morgan fingerprint density at radius 3 is 2.44 bits per heavy atom. The fourth-order valence-corrected chi connectivity index (χ4v) is 4.34. The summed E-state index contributed by atoms with van der Waals surface area (Å²) in [6.45, 7) is 3.50. The third kappa shape index (κ3) is 3.94. The highest BCUT2D eigenvalue weighted by Gasteiger charge is 2.44. The zero-order chi connectivity index (χ0) is 22.8. The van der Waals surface area contributed by atoms with Gasteiger partial charge in [-0.15, -0.1) is 11.3 Å². The monoisotopic (exact) mass is 447 g/mol. The molecule has 1 aliphatic heterocycles. The summed E-state index contributed by atoms with van der Waals surface area (Å²) in [5.74, 6) is -2.21. The molecule has 1 amide bonds. The second kappa shape index (κ2) is 8.80. The van der Waals surface area contributed by atoms with Gasteiger partial charge in [-0.25, -0.2) is 4.79 Å². The van der Waals surface area contributed by atoms with Crippen molar-refractivity contribution in [1.82, 2.24) is 0 Å². The van der Waals surface area contributed by atoms with Gasteiger partial charge in [-0.2, -0.15) is 0 Å². The van der Waals surface area contributed by atoms with E-state index in [1.165, 1.54) is 22.3 Å². The van der Waals surface area contributed by atoms with Crippen molar-refractivity contribution in [3.63, 3.8) is 0 Å². The van der Waals surface area contributed by atoms with Crippen LogP contribution < -0.4 is 4.90 Å². The van der Waals surface area contributed by atoms with Crippen LogP contribution in [-0.2, 0) is 9.53 Å². The number of hydrogen-bond acceptors (Lipinski definition) is 6. The van der Waals surface area contributed by atoms with Crippen molar-refractivity contribution in [1.29, 1.82) is 0 Å². The molecule has 1 unspecified atom stereocenters. The molecule has 0 saturated heterocycles. The third-order valence-electron chi connectivity index (χ3n) is 5.02. The molecule has 0 radical (unpaired) electrons. The maximum atomic E-state index is 13.3. The molecule has 1 aliphatic rings. The highest BCUT2D eigenvalue weighted by molar-refractivity contribution is 7.12. The number of Topliss-reactive ketones (excluding diaryl/α,β-unsaturated/α-hetero) is 1. The van der Waals surface area contributed by atoms with Crippen molar-refractivity contribution in [2.45, 2.75) is 26.0 Å². The summed E-state index contributed by atoms with van der Waals surface area (Å²) in [4.78, 5) is 40.6. The van der Waals surface area contributed by atoms with Crippen LogP contribution in [0.5, 0.6) is 0 Å². The molecule has 162 valence electrons. The van der Waals surface area contributed by atoms with E-state index in [9.17, 15) is 19.5 Å². The van der Waals surface area contributed by atoms with Crippen LogP contribution in [0.15, 0.2) is 83.4 Å². The minimum atomic E-state index is -0.838. The van der Waals surface area contributed by atoms with Crippen LogP contribution >= 0.6 is 11.3 Å². The lowest BCUT2D eigenvalue weighted by atomic mass is 9.95. The number of ether oxygens (including phenoxy) is 1. The summed E-state index contributed by atoms with van der Waals surface area (Å²) in [5, 5.41) is 12.5. The van der Waals surface area contributed by atoms with Gasteiger partial charge in [0.1, 0.15) is 0 Å². The Morgan fingerprint density at radius 1 is 1.03 bits per heavy atom. The number of ketones is 1. The van der Waals surface area contributed by atoms with Crippen LogP contribution in [0.25, 0.3) is 0 Å². The van der Waals surface area contributed by atoms with E-state index in [4.69, 9.17) is 4.74 Å². The summed E-state index contributed by atoms with van der Waals surface area (Å²) in [7, 11) is 0. The molecule has 3 aromatic rings. The summed E-state index contributed by atoms with van der Waals surface area (Å²) >= 11 is 1.24. The summed E-state index contributed by atoms with van der Waals surface area (Å²) in [5.41, 5.74) is 1.33. The molecule has 0 saturated carbocycles. The van der Waals surface area contributed by atoms with E-state index in [1.54, 1.807) is 73.8 Å². The minimum Gasteiger partial charge on any atom is -0.503 e. The maximum Gasteiger partial charge on any atom is 0.338 e. The quantitative estimate of drug-likeness (QED) is 0.420. The molecule has 0 aliphatic carbocycles. The normalized spacial score (nSPS) is 16.0. The first kappa shape index (κ1) is 21.5. The van der Waals surface area contributed by atoms with E-state index < -0.39 is 29.5 Å². The zero-order valence-corrected chi connectivity index (χ0v) is 18.3. The maximum absolute atomic E-state index is 13.3. The van der Waals surface area contributed by atoms with Crippen molar-refractivity contribution in [2.24, 2.45) is 0 Å². The average Bonchev–Trinajstić information content (AvgIpc) is 3.41. The first-order valence-corrected chi connectivity index (χ1v) is 11.0. The fraction of sp³-hybridized carbons (Fsp3) is 0.160. The van der Waals surface area contributed by atoms with Crippen molar-refractivity contribution in [3.05, 3.63) is 99.4 Å². The van der Waals surface area contributed by atoms with E-state index in [0.717, 1.165) is 0 Å². The van der Waals surface area contributed by atoms with Crippen LogP contribution in [0, 0.1) is 0 Å². The van der Waals surface area contributed by atoms with Gasteiger partial charge in [0.15, 0.2) is 5.76 Å². The first-order valence-electron chi connectivity index (χ1n) is 10.1. The number of thiophene rings is 1. The molecule has 1 atom stereocenters. The van der Waals surface area contributed by atoms with E-state index in [-0.39, 0.29) is 17.2 Å². The summed E-state index contributed by atoms with van der Waals surface area (Å²) in [6.07, 6.45) is -0.294. The second-order valence-corrected chi connectivity index (χ2v) is 8.51. The van der Waals surface area contributed by atoms with Gasteiger partial charge in [-0.1, -0.05) is 42.5 Å². The lowest BCUT2D eigenvalue weighted by molar-refractivity contribution is -0.117. The zero-order valence-electron chi connectivity index (χ0n) is 17.5. The van der Waals surface area contributed by atoms with Crippen LogP contribution in [0.2, 0.25) is 0 Å². The van der Waals surface area contributed by atoms with E-state index in [2.05, 4.69) is 0 Å². The molecule has 2 aromatic carbocycles. The second-order valence-electron chi connectivity index (χ2n) is 7.56. The van der Waals surface area contributed by atoms with Crippen molar-refractivity contribution in [3.8, 4) is 0 Å². The van der Waals surface area contributed by atoms with Crippen molar-refractivity contribution < 1.29 is 24.2 Å². The van der Waals surface area contributed by atoms with Gasteiger partial charge in [0.2, 0.25) is 5.78 Å². The molecule has 0 bridgehead atoms. The minimum absolute atomic E-state index is 0.0128. The van der Waals surface area contributed by atoms with E-state index >= 15 is 0 Å². The van der Waals surface area contributed by atoms with Gasteiger partial charge < -0.3 is 9.84 Å². The Kier molecular flexibility index (Phi) is 5.92. The van der Waals surface area contributed by atoms with Gasteiger partial charge in [0, 0.05) is 5.69 Å². The molecule has 1 N–H and O–H groups in total. The molecular formula is C25H21NO5S. The van der Waals surface area contributed by atoms with Crippen LogP contribution in [0.1, 0.15) is 45.5 Å². The predicted octanol–water partition coefficient (Wildman–Crippen LogP) is 5.10. The number of nitrogens with zero attached hydrogens (tertiary/aromatic N) is 1. The summed E-state index contributed by atoms with van der Waals surface area (Å²) in [6, 6.07) is 18.0. The van der Waals surface area contributed by atoms with Crippen LogP contribution in [0.3, 0.4) is 0 Å². The highest BCUT2D eigenvalue weighted by atomic mass is 32.1. The lowest BCUT2D eigenvalue weighted by Gasteiger charge is -2.27. The van der Waals surface area contributed by atoms with Gasteiger partial charge >= 0.3 is 5.97 Å². The number of aliphatic hydroxyl groups excluding tert-OH is 1. The van der Waals surface area contributed by atoms with Crippen molar-refractivity contribution in [2.75, 3.05) is 4.90 Å². The molecule has 2 heterocycles. The van der Waals surface area contributed by atoms with Crippen LogP contribution in [0.4, 0.5) is 5.69 Å². The Balaban J connectivity index is 1.81. The van der Waals surface area contributed by atoms with Gasteiger partial charge in [0.05, 0.1) is 28.2 Å². The fourth-order valence-electron chi connectivity index (χ4n) is 3.66. The number of anilines is 1. The number of esters is 1. The molecule has 4 rings (SSSR count). The van der Waals surface area contributed by atoms with Gasteiger partial charge in [-0.05, 0) is 49.1 Å². The molecule has 7 heteroatoms. The standard InChI is InChI=1S/C25H21NO5S/c1-15(2)31-25(30)17-10-6-11-18(14-17)26-21(16-8-4-3-5-9-16)20(23(28)24(26)29)22(27)19-12-7-13-32-19/h3-15,21,28H,1-2H3. The number of hydrogen-bond donors (Lipinski definition) is 1. The number of rotatable bonds is 6. The number of carbonyl (C=O) groups excluding carboxylic acids is 3. The van der Waals surface area contributed by atoms with Gasteiger partial charge in [-0.3, -0.25) is 14.5 Å². The number of aliphatic hydroxyl groups is 1. The summed E-state index contributed by atoms with van der Waals surface area (Å²) < 4.78 is 5.27.